The molecule has 1 atom stereocenters. The fourth-order valence-electron chi connectivity index (χ4n) is 0.932. The maximum absolute atomic E-state index is 13.2. The molecular weight excluding hydrogens is 153 g/mol. The summed E-state index contributed by atoms with van der Waals surface area (Å²) in [4.78, 5) is 11.8. The van der Waals surface area contributed by atoms with E-state index in [0.29, 0.717) is 0 Å². The fraction of sp³-hybridized carbons (Fsp3) is 0.833. The number of alkyl halides is 1. The molecule has 0 bridgehead atoms. The van der Waals surface area contributed by atoms with Crippen LogP contribution in [0.2, 0.25) is 0 Å². The van der Waals surface area contributed by atoms with Gasteiger partial charge in [0.2, 0.25) is 0 Å². The summed E-state index contributed by atoms with van der Waals surface area (Å²) in [6, 6.07) is 0. The summed E-state index contributed by atoms with van der Waals surface area (Å²) < 4.78 is 17.6. The Labute approximate surface area is 63.6 Å². The first kappa shape index (κ1) is 8.26. The van der Waals surface area contributed by atoms with E-state index in [1.165, 1.54) is 7.05 Å². The standard InChI is InChI=1S/C6H10FNO3/c1-8-2-6(7,3-9)4-11-5(8)10/h9H,2-4H2,1H3/t6-/m1/s1. The second-order valence-electron chi connectivity index (χ2n) is 2.72. The van der Waals surface area contributed by atoms with Crippen LogP contribution in [0, 0.1) is 0 Å². The van der Waals surface area contributed by atoms with Crippen LogP contribution in [-0.2, 0) is 4.74 Å². The van der Waals surface area contributed by atoms with Crippen molar-refractivity contribution in [3.8, 4) is 0 Å². The molecule has 1 rings (SSSR count). The molecule has 1 amide bonds. The minimum absolute atomic E-state index is 0.109. The molecule has 0 unspecified atom stereocenters. The molecule has 0 aromatic rings. The number of rotatable bonds is 1. The molecule has 0 aliphatic carbocycles. The number of hydrogen-bond donors (Lipinski definition) is 1. The average molecular weight is 163 g/mol. The fourth-order valence-corrected chi connectivity index (χ4v) is 0.932. The summed E-state index contributed by atoms with van der Waals surface area (Å²) in [6.45, 7) is -1.08. The maximum atomic E-state index is 13.2. The minimum Gasteiger partial charge on any atom is -0.446 e. The molecule has 1 heterocycles. The normalized spacial score (nSPS) is 31.9. The zero-order valence-corrected chi connectivity index (χ0v) is 6.21. The molecule has 1 N–H and O–H groups in total. The Balaban J connectivity index is 2.58. The highest BCUT2D eigenvalue weighted by Crippen LogP contribution is 2.17. The molecule has 1 aliphatic heterocycles. The molecule has 0 spiro atoms. The van der Waals surface area contributed by atoms with E-state index in [4.69, 9.17) is 5.11 Å². The van der Waals surface area contributed by atoms with Gasteiger partial charge in [0.1, 0.15) is 6.61 Å². The second-order valence-corrected chi connectivity index (χ2v) is 2.72. The average Bonchev–Trinajstić information content (AvgIpc) is 1.98. The number of cyclic esters (lactones) is 1. The van der Waals surface area contributed by atoms with Gasteiger partial charge in [-0.3, -0.25) is 0 Å². The zero-order chi connectivity index (χ0) is 8.48. The van der Waals surface area contributed by atoms with E-state index >= 15 is 0 Å². The molecule has 1 saturated heterocycles. The van der Waals surface area contributed by atoms with Crippen LogP contribution >= 0.6 is 0 Å². The molecule has 4 nitrogen and oxygen atoms in total. The summed E-state index contributed by atoms with van der Waals surface area (Å²) in [6.07, 6.45) is -0.549. The molecule has 0 aromatic heterocycles. The van der Waals surface area contributed by atoms with Gasteiger partial charge in [-0.05, 0) is 0 Å². The van der Waals surface area contributed by atoms with Crippen LogP contribution in [-0.4, -0.2) is 48.6 Å². The lowest BCUT2D eigenvalue weighted by atomic mass is 10.1. The van der Waals surface area contributed by atoms with Gasteiger partial charge < -0.3 is 14.7 Å². The Morgan fingerprint density at radius 2 is 2.55 bits per heavy atom. The molecule has 5 heteroatoms. The van der Waals surface area contributed by atoms with Gasteiger partial charge >= 0.3 is 6.09 Å². The predicted molar refractivity (Wildman–Crippen MR) is 34.9 cm³/mol. The van der Waals surface area contributed by atoms with Crippen molar-refractivity contribution in [1.82, 2.24) is 4.90 Å². The van der Waals surface area contributed by atoms with Gasteiger partial charge in [0, 0.05) is 7.05 Å². The van der Waals surface area contributed by atoms with Crippen molar-refractivity contribution < 1.29 is 19.0 Å². The Morgan fingerprint density at radius 3 is 3.00 bits per heavy atom. The summed E-state index contributed by atoms with van der Waals surface area (Å²) in [5.74, 6) is 0. The molecular formula is C6H10FNO3. The van der Waals surface area contributed by atoms with Crippen molar-refractivity contribution in [3.05, 3.63) is 0 Å². The van der Waals surface area contributed by atoms with Crippen molar-refractivity contribution in [2.24, 2.45) is 0 Å². The summed E-state index contributed by atoms with van der Waals surface area (Å²) in [7, 11) is 1.42. The van der Waals surface area contributed by atoms with E-state index in [9.17, 15) is 9.18 Å². The molecule has 1 fully saturated rings. The Hall–Kier alpha value is -0.840. The van der Waals surface area contributed by atoms with Crippen LogP contribution in [0.5, 0.6) is 0 Å². The first-order valence-electron chi connectivity index (χ1n) is 3.25. The Morgan fingerprint density at radius 1 is 1.91 bits per heavy atom. The van der Waals surface area contributed by atoms with Crippen LogP contribution in [0.4, 0.5) is 9.18 Å². The zero-order valence-electron chi connectivity index (χ0n) is 6.21. The summed E-state index contributed by atoms with van der Waals surface area (Å²) in [5, 5.41) is 8.56. The minimum atomic E-state index is -1.79. The number of nitrogens with zero attached hydrogens (tertiary/aromatic N) is 1. The first-order chi connectivity index (χ1) is 5.07. The molecule has 64 valence electrons. The third-order valence-electron chi connectivity index (χ3n) is 1.57. The molecule has 0 aromatic carbocycles. The van der Waals surface area contributed by atoms with E-state index in [0.717, 1.165) is 4.90 Å². The number of aliphatic hydroxyl groups excluding tert-OH is 1. The lowest BCUT2D eigenvalue weighted by Crippen LogP contribution is -2.52. The lowest BCUT2D eigenvalue weighted by Gasteiger charge is -2.32. The monoisotopic (exact) mass is 163 g/mol. The van der Waals surface area contributed by atoms with E-state index in [1.54, 1.807) is 0 Å². The Bertz CT molecular complexity index is 175. The van der Waals surface area contributed by atoms with Gasteiger partial charge in [-0.2, -0.15) is 0 Å². The van der Waals surface area contributed by atoms with E-state index in [1.807, 2.05) is 0 Å². The van der Waals surface area contributed by atoms with Gasteiger partial charge in [-0.15, -0.1) is 0 Å². The van der Waals surface area contributed by atoms with Crippen molar-refractivity contribution in [1.29, 1.82) is 0 Å². The number of amides is 1. The number of hydrogen-bond acceptors (Lipinski definition) is 3. The molecule has 1 aliphatic rings. The van der Waals surface area contributed by atoms with E-state index in [-0.39, 0.29) is 13.2 Å². The highest BCUT2D eigenvalue weighted by molar-refractivity contribution is 5.68. The number of carbonyl (C=O) groups is 1. The van der Waals surface area contributed by atoms with Crippen LogP contribution in [0.25, 0.3) is 0 Å². The van der Waals surface area contributed by atoms with Crippen molar-refractivity contribution >= 4 is 6.09 Å². The van der Waals surface area contributed by atoms with Crippen LogP contribution in [0.1, 0.15) is 0 Å². The third kappa shape index (κ3) is 1.59. The Kier molecular flexibility index (Phi) is 1.99. The van der Waals surface area contributed by atoms with E-state index < -0.39 is 18.4 Å². The van der Waals surface area contributed by atoms with Crippen LogP contribution in [0.15, 0.2) is 0 Å². The molecule has 0 saturated carbocycles. The highest BCUT2D eigenvalue weighted by Gasteiger charge is 2.38. The molecule has 0 radical (unpaired) electrons. The smallest absolute Gasteiger partial charge is 0.409 e. The van der Waals surface area contributed by atoms with Crippen LogP contribution < -0.4 is 0 Å². The summed E-state index contributed by atoms with van der Waals surface area (Å²) >= 11 is 0. The largest absolute Gasteiger partial charge is 0.446 e. The predicted octanol–water partition coefficient (Wildman–Crippen LogP) is -0.231. The first-order valence-corrected chi connectivity index (χ1v) is 3.25. The molecule has 11 heavy (non-hydrogen) atoms. The number of carbonyl (C=O) groups excluding carboxylic acids is 1. The van der Waals surface area contributed by atoms with Crippen LogP contribution in [0.3, 0.4) is 0 Å². The van der Waals surface area contributed by atoms with Crippen molar-refractivity contribution in [2.75, 3.05) is 26.8 Å². The third-order valence-corrected chi connectivity index (χ3v) is 1.57. The summed E-state index contributed by atoms with van der Waals surface area (Å²) in [5.41, 5.74) is -1.79. The number of halogens is 1. The number of aliphatic hydroxyl groups is 1. The lowest BCUT2D eigenvalue weighted by molar-refractivity contribution is -0.0484. The van der Waals surface area contributed by atoms with Gasteiger partial charge in [0.15, 0.2) is 5.67 Å². The maximum Gasteiger partial charge on any atom is 0.409 e. The van der Waals surface area contributed by atoms with Gasteiger partial charge in [0.25, 0.3) is 0 Å². The second kappa shape index (κ2) is 2.65. The highest BCUT2D eigenvalue weighted by atomic mass is 19.1. The van der Waals surface area contributed by atoms with Crippen molar-refractivity contribution in [2.45, 2.75) is 5.67 Å². The topological polar surface area (TPSA) is 49.8 Å². The van der Waals surface area contributed by atoms with Gasteiger partial charge in [-0.25, -0.2) is 9.18 Å². The van der Waals surface area contributed by atoms with Gasteiger partial charge in [-0.1, -0.05) is 0 Å². The number of ether oxygens (including phenoxy) is 1. The van der Waals surface area contributed by atoms with Gasteiger partial charge in [0.05, 0.1) is 13.2 Å². The quantitative estimate of drug-likeness (QED) is 0.580. The SMILES string of the molecule is CN1C[C@@](F)(CO)COC1=O. The van der Waals surface area contributed by atoms with E-state index in [2.05, 4.69) is 4.74 Å². The van der Waals surface area contributed by atoms with Crippen molar-refractivity contribution in [3.63, 3.8) is 0 Å².